The normalized spacial score (nSPS) is 23.3. The number of hydrogen-bond donors (Lipinski definition) is 1. The molecule has 94 valence electrons. The maximum Gasteiger partial charge on any atom is 0.285 e. The van der Waals surface area contributed by atoms with E-state index in [0.29, 0.717) is 17.7 Å². The maximum atomic E-state index is 12.0. The third kappa shape index (κ3) is 1.81. The Kier molecular flexibility index (Phi) is 2.85. The van der Waals surface area contributed by atoms with Crippen LogP contribution in [0.4, 0.5) is 0 Å². The largest absolute Gasteiger partial charge is 0.314 e. The number of nitrogens with one attached hydrogen (secondary N) is 1. The van der Waals surface area contributed by atoms with Gasteiger partial charge in [-0.05, 0) is 31.5 Å². The van der Waals surface area contributed by atoms with Crippen molar-refractivity contribution in [2.75, 3.05) is 13.1 Å². The van der Waals surface area contributed by atoms with Crippen molar-refractivity contribution in [1.29, 1.82) is 0 Å². The summed E-state index contributed by atoms with van der Waals surface area (Å²) in [7, 11) is 0. The van der Waals surface area contributed by atoms with Crippen LogP contribution in [0, 0.1) is 0 Å². The molecule has 2 aliphatic rings. The number of fused-ring (bicyclic) bond motifs is 1. The van der Waals surface area contributed by atoms with E-state index in [1.54, 1.807) is 24.3 Å². The molecule has 1 atom stereocenters. The summed E-state index contributed by atoms with van der Waals surface area (Å²) in [6, 6.07) is 6.79. The van der Waals surface area contributed by atoms with Gasteiger partial charge in [0, 0.05) is 6.54 Å². The van der Waals surface area contributed by atoms with E-state index in [2.05, 4.69) is 5.32 Å². The van der Waals surface area contributed by atoms with Crippen molar-refractivity contribution < 1.29 is 14.4 Å². The second-order valence-corrected chi connectivity index (χ2v) is 4.52. The summed E-state index contributed by atoms with van der Waals surface area (Å²) < 4.78 is 0. The zero-order chi connectivity index (χ0) is 12.5. The van der Waals surface area contributed by atoms with E-state index in [1.807, 2.05) is 0 Å². The fourth-order valence-corrected chi connectivity index (χ4v) is 2.32. The Balaban J connectivity index is 1.79. The molecule has 0 spiro atoms. The van der Waals surface area contributed by atoms with Gasteiger partial charge in [0.05, 0.1) is 17.2 Å². The molecule has 1 saturated heterocycles. The number of rotatable bonds is 2. The Morgan fingerprint density at radius 1 is 1.17 bits per heavy atom. The predicted octanol–water partition coefficient (Wildman–Crippen LogP) is 0.966. The molecule has 18 heavy (non-hydrogen) atoms. The first kappa shape index (κ1) is 11.4. The first-order valence-corrected chi connectivity index (χ1v) is 6.12. The molecular formula is C13H14N2O3. The van der Waals surface area contributed by atoms with Gasteiger partial charge in [-0.25, -0.2) is 0 Å². The van der Waals surface area contributed by atoms with Gasteiger partial charge in [-0.1, -0.05) is 12.1 Å². The van der Waals surface area contributed by atoms with Crippen LogP contribution in [0.5, 0.6) is 0 Å². The van der Waals surface area contributed by atoms with E-state index < -0.39 is 0 Å². The Morgan fingerprint density at radius 3 is 2.39 bits per heavy atom. The number of piperidine rings is 1. The van der Waals surface area contributed by atoms with Crippen LogP contribution in [-0.4, -0.2) is 36.1 Å². The zero-order valence-electron chi connectivity index (χ0n) is 9.89. The van der Waals surface area contributed by atoms with Gasteiger partial charge in [0.2, 0.25) is 0 Å². The monoisotopic (exact) mass is 246 g/mol. The lowest BCUT2D eigenvalue weighted by Crippen LogP contribution is -2.42. The zero-order valence-corrected chi connectivity index (χ0v) is 9.89. The van der Waals surface area contributed by atoms with Gasteiger partial charge in [-0.2, -0.15) is 0 Å². The van der Waals surface area contributed by atoms with Gasteiger partial charge in [-0.15, -0.1) is 5.06 Å². The van der Waals surface area contributed by atoms with Crippen LogP contribution in [-0.2, 0) is 4.84 Å². The van der Waals surface area contributed by atoms with Crippen molar-refractivity contribution in [2.24, 2.45) is 0 Å². The highest BCUT2D eigenvalue weighted by Gasteiger charge is 2.38. The lowest BCUT2D eigenvalue weighted by molar-refractivity contribution is -0.136. The van der Waals surface area contributed by atoms with Gasteiger partial charge in [-0.3, -0.25) is 14.4 Å². The van der Waals surface area contributed by atoms with E-state index in [-0.39, 0.29) is 17.9 Å². The number of amides is 2. The molecule has 1 fully saturated rings. The van der Waals surface area contributed by atoms with Crippen molar-refractivity contribution in [2.45, 2.75) is 18.9 Å². The fourth-order valence-electron chi connectivity index (χ4n) is 2.32. The fraction of sp³-hybridized carbons (Fsp3) is 0.385. The van der Waals surface area contributed by atoms with E-state index in [4.69, 9.17) is 4.84 Å². The van der Waals surface area contributed by atoms with Gasteiger partial charge in [0.15, 0.2) is 0 Å². The van der Waals surface area contributed by atoms with Crippen molar-refractivity contribution in [3.63, 3.8) is 0 Å². The number of benzene rings is 1. The molecule has 0 radical (unpaired) electrons. The SMILES string of the molecule is O=C1c2ccccc2C(=O)N1OC1CCCNC1. The van der Waals surface area contributed by atoms with Crippen molar-refractivity contribution in [3.05, 3.63) is 35.4 Å². The highest BCUT2D eigenvalue weighted by Crippen LogP contribution is 2.24. The van der Waals surface area contributed by atoms with Crippen LogP contribution in [0.25, 0.3) is 0 Å². The summed E-state index contributed by atoms with van der Waals surface area (Å²) in [6.07, 6.45) is 1.75. The third-order valence-corrected chi connectivity index (χ3v) is 3.26. The van der Waals surface area contributed by atoms with Crippen LogP contribution in [0.2, 0.25) is 0 Å². The lowest BCUT2D eigenvalue weighted by atomic mass is 10.1. The molecule has 3 rings (SSSR count). The standard InChI is InChI=1S/C13H14N2O3/c16-12-10-5-1-2-6-11(10)13(17)15(12)18-9-4-3-7-14-8-9/h1-2,5-6,9,14H,3-4,7-8H2. The van der Waals surface area contributed by atoms with Crippen LogP contribution >= 0.6 is 0 Å². The maximum absolute atomic E-state index is 12.0. The highest BCUT2D eigenvalue weighted by atomic mass is 16.7. The quantitative estimate of drug-likeness (QED) is 0.790. The Morgan fingerprint density at radius 2 is 1.83 bits per heavy atom. The summed E-state index contributed by atoms with van der Waals surface area (Å²) in [5.41, 5.74) is 0.845. The Bertz CT molecular complexity index is 460. The first-order chi connectivity index (χ1) is 8.77. The van der Waals surface area contributed by atoms with Crippen molar-refractivity contribution >= 4 is 11.8 Å². The van der Waals surface area contributed by atoms with E-state index >= 15 is 0 Å². The molecule has 0 saturated carbocycles. The summed E-state index contributed by atoms with van der Waals surface area (Å²) in [5.74, 6) is -0.720. The van der Waals surface area contributed by atoms with Crippen LogP contribution in [0.15, 0.2) is 24.3 Å². The lowest BCUT2D eigenvalue weighted by Gasteiger charge is -2.25. The Labute approximate surface area is 105 Å². The minimum absolute atomic E-state index is 0.110. The minimum Gasteiger partial charge on any atom is -0.314 e. The molecule has 1 N–H and O–H groups in total. The molecule has 0 bridgehead atoms. The summed E-state index contributed by atoms with van der Waals surface area (Å²) in [5, 5.41) is 4.09. The summed E-state index contributed by atoms with van der Waals surface area (Å²) >= 11 is 0. The first-order valence-electron chi connectivity index (χ1n) is 6.12. The molecule has 2 amide bonds. The molecule has 1 aromatic carbocycles. The van der Waals surface area contributed by atoms with Crippen LogP contribution in [0.3, 0.4) is 0 Å². The summed E-state index contributed by atoms with van der Waals surface area (Å²) in [4.78, 5) is 29.6. The second-order valence-electron chi connectivity index (χ2n) is 4.52. The number of imide groups is 1. The van der Waals surface area contributed by atoms with E-state index in [0.717, 1.165) is 24.4 Å². The van der Waals surface area contributed by atoms with Crippen molar-refractivity contribution in [3.8, 4) is 0 Å². The van der Waals surface area contributed by atoms with Gasteiger partial charge >= 0.3 is 0 Å². The smallest absolute Gasteiger partial charge is 0.285 e. The average molecular weight is 246 g/mol. The average Bonchev–Trinajstić information content (AvgIpc) is 2.66. The second kappa shape index (κ2) is 4.51. The molecule has 0 aliphatic carbocycles. The molecule has 1 aromatic rings. The van der Waals surface area contributed by atoms with Gasteiger partial charge in [0.1, 0.15) is 0 Å². The van der Waals surface area contributed by atoms with Gasteiger partial charge < -0.3 is 5.32 Å². The van der Waals surface area contributed by atoms with Crippen LogP contribution < -0.4 is 5.32 Å². The minimum atomic E-state index is -0.360. The molecule has 2 heterocycles. The number of nitrogens with zero attached hydrogens (tertiary/aromatic N) is 1. The number of carbonyl (C=O) groups is 2. The number of hydroxylamine groups is 2. The summed E-state index contributed by atoms with van der Waals surface area (Å²) in [6.45, 7) is 1.63. The number of carbonyl (C=O) groups excluding carboxylic acids is 2. The highest BCUT2D eigenvalue weighted by molar-refractivity contribution is 6.20. The number of hydrogen-bond acceptors (Lipinski definition) is 4. The predicted molar refractivity (Wildman–Crippen MR) is 63.9 cm³/mol. The molecule has 0 aromatic heterocycles. The van der Waals surface area contributed by atoms with E-state index in [1.165, 1.54) is 0 Å². The molecular weight excluding hydrogens is 232 g/mol. The Hall–Kier alpha value is -1.72. The molecule has 1 unspecified atom stereocenters. The van der Waals surface area contributed by atoms with E-state index in [9.17, 15) is 9.59 Å². The van der Waals surface area contributed by atoms with Crippen LogP contribution in [0.1, 0.15) is 33.6 Å². The third-order valence-electron chi connectivity index (χ3n) is 3.26. The molecule has 2 aliphatic heterocycles. The van der Waals surface area contributed by atoms with Gasteiger partial charge in [0.25, 0.3) is 11.8 Å². The molecule has 5 nitrogen and oxygen atoms in total. The van der Waals surface area contributed by atoms with Crippen molar-refractivity contribution in [1.82, 2.24) is 10.4 Å². The molecule has 5 heteroatoms. The topological polar surface area (TPSA) is 58.6 Å².